The van der Waals surface area contributed by atoms with Crippen molar-refractivity contribution in [3.63, 3.8) is 0 Å². The van der Waals surface area contributed by atoms with Gasteiger partial charge in [-0.3, -0.25) is 4.79 Å². The van der Waals surface area contributed by atoms with Gasteiger partial charge in [-0.1, -0.05) is 30.7 Å². The summed E-state index contributed by atoms with van der Waals surface area (Å²) in [5, 5.41) is 11.3. The molecule has 0 saturated heterocycles. The van der Waals surface area contributed by atoms with E-state index < -0.39 is 22.0 Å². The monoisotopic (exact) mass is 574 g/mol. The Labute approximate surface area is 237 Å². The Kier molecular flexibility index (Phi) is 9.96. The molecule has 4 rings (SSSR count). The van der Waals surface area contributed by atoms with Crippen LogP contribution in [0.4, 0.5) is 5.69 Å². The molecule has 1 heterocycles. The quantitative estimate of drug-likeness (QED) is 0.384. The fourth-order valence-corrected chi connectivity index (χ4v) is 6.79. The molecule has 1 fully saturated rings. The number of aryl methyl sites for hydroxylation is 1. The molecular weight excluding hydrogens is 536 g/mol. The third kappa shape index (κ3) is 7.56. The van der Waals surface area contributed by atoms with Crippen LogP contribution in [0, 0.1) is 11.8 Å². The molecule has 0 aromatic heterocycles. The van der Waals surface area contributed by atoms with Gasteiger partial charge in [0.2, 0.25) is 10.0 Å². The van der Waals surface area contributed by atoms with Crippen LogP contribution in [0.5, 0.6) is 5.75 Å². The van der Waals surface area contributed by atoms with Crippen LogP contribution in [-0.4, -0.2) is 44.4 Å². The second-order valence-corrected chi connectivity index (χ2v) is 12.9. The van der Waals surface area contributed by atoms with Gasteiger partial charge < -0.3 is 14.7 Å². The summed E-state index contributed by atoms with van der Waals surface area (Å²) in [7, 11) is -3.71. The Morgan fingerprint density at radius 3 is 2.77 bits per heavy atom. The number of halogens is 1. The number of hydrogen-bond donors (Lipinski definition) is 2. The third-order valence-electron chi connectivity index (χ3n) is 7.79. The van der Waals surface area contributed by atoms with Crippen LogP contribution in [0.2, 0.25) is 5.02 Å². The number of aliphatic hydroxyl groups is 1. The van der Waals surface area contributed by atoms with Gasteiger partial charge in [-0.25, -0.2) is 13.1 Å². The molecule has 1 aliphatic carbocycles. The van der Waals surface area contributed by atoms with Crippen molar-refractivity contribution < 1.29 is 23.1 Å². The van der Waals surface area contributed by atoms with Gasteiger partial charge in [0.05, 0.1) is 17.5 Å². The second kappa shape index (κ2) is 13.2. The summed E-state index contributed by atoms with van der Waals surface area (Å²) < 4.78 is 33.1. The largest absolute Gasteiger partial charge is 0.487 e. The minimum atomic E-state index is -3.71. The van der Waals surface area contributed by atoms with Crippen LogP contribution in [0.3, 0.4) is 0 Å². The number of ether oxygens (including phenoxy) is 1. The lowest BCUT2D eigenvalue weighted by Gasteiger charge is -2.43. The molecule has 212 valence electrons. The van der Waals surface area contributed by atoms with Crippen molar-refractivity contribution in [1.82, 2.24) is 4.72 Å². The van der Waals surface area contributed by atoms with Crippen LogP contribution >= 0.6 is 11.6 Å². The Morgan fingerprint density at radius 2 is 2.05 bits per heavy atom. The number of sulfonamides is 1. The molecule has 0 radical (unpaired) electrons. The summed E-state index contributed by atoms with van der Waals surface area (Å²) in [5.74, 6) is 0.369. The van der Waals surface area contributed by atoms with Gasteiger partial charge in [0, 0.05) is 23.7 Å². The number of aliphatic hydroxyl groups excluding tert-OH is 1. The molecule has 9 heteroatoms. The summed E-state index contributed by atoms with van der Waals surface area (Å²) >= 11 is 6.28. The summed E-state index contributed by atoms with van der Waals surface area (Å²) in [6.07, 6.45) is 7.09. The van der Waals surface area contributed by atoms with Gasteiger partial charge in [-0.15, -0.1) is 6.58 Å². The second-order valence-electron chi connectivity index (χ2n) is 10.6. The number of nitrogens with one attached hydrogen (secondary N) is 1. The molecule has 7 nitrogen and oxygen atoms in total. The normalized spacial score (nSPS) is 20.3. The van der Waals surface area contributed by atoms with Gasteiger partial charge in [-0.2, -0.15) is 0 Å². The van der Waals surface area contributed by atoms with Gasteiger partial charge >= 0.3 is 0 Å². The van der Waals surface area contributed by atoms with Crippen molar-refractivity contribution in [2.75, 3.05) is 23.7 Å². The van der Waals surface area contributed by atoms with Gasteiger partial charge in [0.1, 0.15) is 12.4 Å². The summed E-state index contributed by atoms with van der Waals surface area (Å²) in [6, 6.07) is 11.0. The lowest BCUT2D eigenvalue weighted by Crippen LogP contribution is -2.43. The molecule has 2 aromatic carbocycles. The predicted octanol–water partition coefficient (Wildman–Crippen LogP) is 5.49. The van der Waals surface area contributed by atoms with Gasteiger partial charge in [0.15, 0.2) is 0 Å². The number of hydrogen-bond acceptors (Lipinski definition) is 6. The smallest absolute Gasteiger partial charge is 0.264 e. The highest BCUT2D eigenvalue weighted by Crippen LogP contribution is 2.41. The molecule has 3 atom stereocenters. The first kappa shape index (κ1) is 29.4. The number of amides is 1. The van der Waals surface area contributed by atoms with Gasteiger partial charge in [-0.05, 0) is 98.2 Å². The van der Waals surface area contributed by atoms with E-state index in [9.17, 15) is 18.3 Å². The van der Waals surface area contributed by atoms with Crippen LogP contribution in [0.1, 0.15) is 66.9 Å². The van der Waals surface area contributed by atoms with Crippen molar-refractivity contribution in [3.8, 4) is 5.75 Å². The zero-order valence-corrected chi connectivity index (χ0v) is 24.1. The van der Waals surface area contributed by atoms with Crippen LogP contribution < -0.4 is 14.4 Å². The zero-order valence-electron chi connectivity index (χ0n) is 22.6. The van der Waals surface area contributed by atoms with Crippen molar-refractivity contribution >= 4 is 33.2 Å². The maximum Gasteiger partial charge on any atom is 0.264 e. The van der Waals surface area contributed by atoms with Crippen molar-refractivity contribution in [3.05, 3.63) is 70.8 Å². The highest BCUT2D eigenvalue weighted by atomic mass is 35.5. The fraction of sp³-hybridized carbons (Fsp3) is 0.500. The average molecular weight is 575 g/mol. The predicted molar refractivity (Wildman–Crippen MR) is 156 cm³/mol. The summed E-state index contributed by atoms with van der Waals surface area (Å²) in [5.41, 5.74) is 3.26. The maximum absolute atomic E-state index is 13.0. The van der Waals surface area contributed by atoms with E-state index >= 15 is 0 Å². The Morgan fingerprint density at radius 1 is 1.23 bits per heavy atom. The lowest BCUT2D eigenvalue weighted by atomic mass is 9.69. The first-order valence-corrected chi connectivity index (χ1v) is 15.9. The molecule has 2 aliphatic rings. The number of carbonyl (C=O) groups is 1. The van der Waals surface area contributed by atoms with E-state index in [0.717, 1.165) is 49.9 Å². The Bertz CT molecular complexity index is 1280. The average Bonchev–Trinajstić information content (AvgIpc) is 2.89. The number of fused-ring (bicyclic) bond motifs is 2. The van der Waals surface area contributed by atoms with Crippen molar-refractivity contribution in [1.29, 1.82) is 0 Å². The SMILES string of the molecule is C=CC[C@H](O)[C@@H]1CC[C@H]1CN1CCCCc2cc(Cl)ccc2COc2ccc(C(=O)NS(=O)(=O)CCC)cc21. The molecule has 1 aliphatic heterocycles. The van der Waals surface area contributed by atoms with E-state index in [1.807, 2.05) is 18.2 Å². The molecule has 1 amide bonds. The number of anilines is 1. The van der Waals surface area contributed by atoms with E-state index in [0.29, 0.717) is 42.7 Å². The first-order chi connectivity index (χ1) is 18.7. The standard InChI is InChI=1S/C30H39ClN2O5S/c1-3-7-28(34)26-13-10-23(26)19-33-15-6-5-8-21-17-25(31)12-9-24(21)20-38-29-14-11-22(18-27(29)33)30(35)32-39(36,37)16-4-2/h3,9,11-12,14,17-18,23,26,28,34H,1,4-8,10,13,15-16,19-20H2,2H3,(H,32,35)/t23-,26+,28-/m0/s1. The Balaban J connectivity index is 1.66. The fourth-order valence-electron chi connectivity index (χ4n) is 5.56. The van der Waals surface area contributed by atoms with Crippen LogP contribution in [0.15, 0.2) is 49.1 Å². The molecule has 2 aromatic rings. The topological polar surface area (TPSA) is 95.9 Å². The van der Waals surface area contributed by atoms with Gasteiger partial charge in [0.25, 0.3) is 5.91 Å². The summed E-state index contributed by atoms with van der Waals surface area (Å²) in [4.78, 5) is 15.2. The number of nitrogens with zero attached hydrogens (tertiary/aromatic N) is 1. The maximum atomic E-state index is 13.0. The van der Waals surface area contributed by atoms with E-state index in [-0.39, 0.29) is 17.2 Å². The highest BCUT2D eigenvalue weighted by molar-refractivity contribution is 7.90. The third-order valence-corrected chi connectivity index (χ3v) is 9.47. The lowest BCUT2D eigenvalue weighted by molar-refractivity contribution is 0.0181. The molecular formula is C30H39ClN2O5S. The number of carbonyl (C=O) groups excluding carboxylic acids is 1. The Hall–Kier alpha value is -2.55. The van der Waals surface area contributed by atoms with E-state index in [1.165, 1.54) is 5.56 Å². The first-order valence-electron chi connectivity index (χ1n) is 13.8. The molecule has 1 saturated carbocycles. The van der Waals surface area contributed by atoms with Crippen LogP contribution in [0.25, 0.3) is 0 Å². The molecule has 0 spiro atoms. The minimum Gasteiger partial charge on any atom is -0.487 e. The molecule has 0 unspecified atom stereocenters. The molecule has 2 N–H and O–H groups in total. The number of benzene rings is 2. The van der Waals surface area contributed by atoms with E-state index in [4.69, 9.17) is 16.3 Å². The van der Waals surface area contributed by atoms with E-state index in [2.05, 4.69) is 16.2 Å². The summed E-state index contributed by atoms with van der Waals surface area (Å²) in [6.45, 7) is 7.34. The van der Waals surface area contributed by atoms with Crippen molar-refractivity contribution in [2.24, 2.45) is 11.8 Å². The molecule has 39 heavy (non-hydrogen) atoms. The molecule has 0 bridgehead atoms. The van der Waals surface area contributed by atoms with Crippen LogP contribution in [-0.2, 0) is 23.1 Å². The highest BCUT2D eigenvalue weighted by Gasteiger charge is 2.37. The van der Waals surface area contributed by atoms with E-state index in [1.54, 1.807) is 31.2 Å². The minimum absolute atomic E-state index is 0.113. The zero-order chi connectivity index (χ0) is 28.0. The van der Waals surface area contributed by atoms with Crippen molar-refractivity contribution in [2.45, 2.75) is 64.6 Å². The number of rotatable bonds is 9.